The van der Waals surface area contributed by atoms with Crippen molar-refractivity contribution >= 4 is 22.8 Å². The van der Waals surface area contributed by atoms with E-state index in [0.29, 0.717) is 18.7 Å². The highest BCUT2D eigenvalue weighted by atomic mass is 16.4. The van der Waals surface area contributed by atoms with E-state index in [0.717, 1.165) is 16.5 Å². The van der Waals surface area contributed by atoms with Crippen LogP contribution in [0.15, 0.2) is 18.2 Å². The van der Waals surface area contributed by atoms with Gasteiger partial charge < -0.3 is 15.0 Å². The van der Waals surface area contributed by atoms with Gasteiger partial charge in [0.2, 0.25) is 0 Å². The Morgan fingerprint density at radius 3 is 2.58 bits per heavy atom. The average Bonchev–Trinajstić information content (AvgIpc) is 3.15. The maximum absolute atomic E-state index is 12.8. The topological polar surface area (TPSA) is 73.4 Å². The fraction of sp³-hybridized carbons (Fsp3) is 0.474. The van der Waals surface area contributed by atoms with Crippen LogP contribution in [0, 0.1) is 25.2 Å². The number of nitrogens with zero attached hydrogens (tertiary/aromatic N) is 1. The predicted octanol–water partition coefficient (Wildman–Crippen LogP) is 3.36. The van der Waals surface area contributed by atoms with Crippen molar-refractivity contribution in [2.45, 2.75) is 34.1 Å². The molecule has 2 N–H and O–H groups in total. The SMILES string of the molecule is Cc1ccc2[nH]c(C(=O)N3CCC(C(=O)O)(C(C)C)C3)cc2c1C. The fourth-order valence-electron chi connectivity index (χ4n) is 3.64. The summed E-state index contributed by atoms with van der Waals surface area (Å²) in [6, 6.07) is 5.90. The summed E-state index contributed by atoms with van der Waals surface area (Å²) in [6.07, 6.45) is 0.504. The van der Waals surface area contributed by atoms with Crippen molar-refractivity contribution in [2.24, 2.45) is 11.3 Å². The van der Waals surface area contributed by atoms with Crippen molar-refractivity contribution < 1.29 is 14.7 Å². The Morgan fingerprint density at radius 2 is 2.00 bits per heavy atom. The molecule has 3 rings (SSSR count). The normalized spacial score (nSPS) is 21.0. The molecule has 1 fully saturated rings. The zero-order valence-electron chi connectivity index (χ0n) is 14.6. The highest BCUT2D eigenvalue weighted by molar-refractivity contribution is 5.99. The molecule has 1 saturated heterocycles. The van der Waals surface area contributed by atoms with Crippen molar-refractivity contribution in [1.29, 1.82) is 0 Å². The quantitative estimate of drug-likeness (QED) is 0.907. The van der Waals surface area contributed by atoms with E-state index in [-0.39, 0.29) is 18.4 Å². The number of carbonyl (C=O) groups excluding carboxylic acids is 1. The zero-order chi connectivity index (χ0) is 17.6. The second kappa shape index (κ2) is 5.65. The molecule has 1 aromatic carbocycles. The molecule has 1 unspecified atom stereocenters. The van der Waals surface area contributed by atoms with Gasteiger partial charge in [-0.1, -0.05) is 19.9 Å². The summed E-state index contributed by atoms with van der Waals surface area (Å²) in [4.78, 5) is 29.4. The lowest BCUT2D eigenvalue weighted by Crippen LogP contribution is -2.40. The van der Waals surface area contributed by atoms with Gasteiger partial charge in [-0.15, -0.1) is 0 Å². The first-order chi connectivity index (χ1) is 11.3. The molecule has 1 aliphatic rings. The molecule has 2 aromatic rings. The first-order valence-corrected chi connectivity index (χ1v) is 8.38. The van der Waals surface area contributed by atoms with Gasteiger partial charge in [-0.25, -0.2) is 0 Å². The number of amides is 1. The Kier molecular flexibility index (Phi) is 3.90. The van der Waals surface area contributed by atoms with E-state index in [9.17, 15) is 14.7 Å². The Morgan fingerprint density at radius 1 is 1.29 bits per heavy atom. The first-order valence-electron chi connectivity index (χ1n) is 8.38. The van der Waals surface area contributed by atoms with Gasteiger partial charge in [-0.05, 0) is 49.4 Å². The molecule has 0 radical (unpaired) electrons. The third-order valence-electron chi connectivity index (χ3n) is 5.69. The maximum Gasteiger partial charge on any atom is 0.311 e. The lowest BCUT2D eigenvalue weighted by Gasteiger charge is -2.28. The van der Waals surface area contributed by atoms with E-state index in [2.05, 4.69) is 4.98 Å². The van der Waals surface area contributed by atoms with E-state index in [1.807, 2.05) is 45.9 Å². The summed E-state index contributed by atoms with van der Waals surface area (Å²) in [5.74, 6) is -0.941. The number of nitrogens with one attached hydrogen (secondary N) is 1. The van der Waals surface area contributed by atoms with Gasteiger partial charge in [0.15, 0.2) is 0 Å². The molecule has 1 aliphatic heterocycles. The van der Waals surface area contributed by atoms with E-state index in [4.69, 9.17) is 0 Å². The number of carbonyl (C=O) groups is 2. The molecule has 128 valence electrons. The summed E-state index contributed by atoms with van der Waals surface area (Å²) < 4.78 is 0. The average molecular weight is 328 g/mol. The minimum atomic E-state index is -0.839. The van der Waals surface area contributed by atoms with Crippen LogP contribution in [0.3, 0.4) is 0 Å². The van der Waals surface area contributed by atoms with Crippen LogP contribution in [-0.4, -0.2) is 40.0 Å². The summed E-state index contributed by atoms with van der Waals surface area (Å²) in [6.45, 7) is 8.68. The monoisotopic (exact) mass is 328 g/mol. The highest BCUT2D eigenvalue weighted by Crippen LogP contribution is 2.38. The minimum absolute atomic E-state index is 0.0135. The van der Waals surface area contributed by atoms with Crippen molar-refractivity contribution in [3.05, 3.63) is 35.0 Å². The van der Waals surface area contributed by atoms with Gasteiger partial charge in [-0.2, -0.15) is 0 Å². The number of hydrogen-bond donors (Lipinski definition) is 2. The number of carboxylic acid groups (broad SMARTS) is 1. The Bertz CT molecular complexity index is 821. The molecule has 5 heteroatoms. The second-order valence-electron chi connectivity index (χ2n) is 7.24. The molecule has 1 aromatic heterocycles. The van der Waals surface area contributed by atoms with Crippen LogP contribution >= 0.6 is 0 Å². The van der Waals surface area contributed by atoms with Crippen LogP contribution in [0.1, 0.15) is 41.9 Å². The first kappa shape index (κ1) is 16.6. The number of carboxylic acids is 1. The summed E-state index contributed by atoms with van der Waals surface area (Å²) in [5, 5.41) is 10.7. The van der Waals surface area contributed by atoms with Crippen LogP contribution in [-0.2, 0) is 4.79 Å². The maximum atomic E-state index is 12.8. The van der Waals surface area contributed by atoms with Crippen molar-refractivity contribution in [3.63, 3.8) is 0 Å². The Balaban J connectivity index is 1.91. The number of likely N-dealkylation sites (tertiary alicyclic amines) is 1. The van der Waals surface area contributed by atoms with Crippen LogP contribution in [0.25, 0.3) is 10.9 Å². The molecule has 1 atom stereocenters. The predicted molar refractivity (Wildman–Crippen MR) is 93.2 cm³/mol. The van der Waals surface area contributed by atoms with Gasteiger partial charge >= 0.3 is 5.97 Å². The van der Waals surface area contributed by atoms with Gasteiger partial charge in [0.1, 0.15) is 5.69 Å². The van der Waals surface area contributed by atoms with E-state index >= 15 is 0 Å². The third-order valence-corrected chi connectivity index (χ3v) is 5.69. The molecule has 2 heterocycles. The van der Waals surface area contributed by atoms with E-state index < -0.39 is 11.4 Å². The number of aromatic amines is 1. The van der Waals surface area contributed by atoms with Crippen LogP contribution < -0.4 is 0 Å². The summed E-state index contributed by atoms with van der Waals surface area (Å²) in [7, 11) is 0. The molecule has 0 bridgehead atoms. The highest BCUT2D eigenvalue weighted by Gasteiger charge is 2.48. The van der Waals surface area contributed by atoms with Crippen LogP contribution in [0.4, 0.5) is 0 Å². The molecule has 24 heavy (non-hydrogen) atoms. The van der Waals surface area contributed by atoms with Gasteiger partial charge in [-0.3, -0.25) is 9.59 Å². The number of aryl methyl sites for hydroxylation is 2. The lowest BCUT2D eigenvalue weighted by molar-refractivity contribution is -0.150. The minimum Gasteiger partial charge on any atom is -0.481 e. The van der Waals surface area contributed by atoms with Gasteiger partial charge in [0.25, 0.3) is 5.91 Å². The number of aromatic nitrogens is 1. The summed E-state index contributed by atoms with van der Waals surface area (Å²) in [5.41, 5.74) is 2.98. The van der Waals surface area contributed by atoms with Crippen LogP contribution in [0.2, 0.25) is 0 Å². The van der Waals surface area contributed by atoms with Gasteiger partial charge in [0.05, 0.1) is 5.41 Å². The second-order valence-corrected chi connectivity index (χ2v) is 7.24. The molecule has 1 amide bonds. The molecular weight excluding hydrogens is 304 g/mol. The molecule has 5 nitrogen and oxygen atoms in total. The Labute approximate surface area is 141 Å². The number of H-pyrrole nitrogens is 1. The molecule has 0 aliphatic carbocycles. The number of benzene rings is 1. The zero-order valence-corrected chi connectivity index (χ0v) is 14.6. The van der Waals surface area contributed by atoms with Crippen molar-refractivity contribution in [1.82, 2.24) is 9.88 Å². The lowest BCUT2D eigenvalue weighted by atomic mass is 9.76. The van der Waals surface area contributed by atoms with Crippen molar-refractivity contribution in [2.75, 3.05) is 13.1 Å². The molecular formula is C19H24N2O3. The molecule has 0 spiro atoms. The fourth-order valence-corrected chi connectivity index (χ4v) is 3.64. The molecule has 0 saturated carbocycles. The van der Waals surface area contributed by atoms with Crippen LogP contribution in [0.5, 0.6) is 0 Å². The smallest absolute Gasteiger partial charge is 0.311 e. The van der Waals surface area contributed by atoms with E-state index in [1.54, 1.807) is 4.90 Å². The van der Waals surface area contributed by atoms with Crippen molar-refractivity contribution in [3.8, 4) is 0 Å². The standard InChI is InChI=1S/C19H24N2O3/c1-11(2)19(18(23)24)7-8-21(10-19)17(22)16-9-14-13(4)12(3)5-6-15(14)20-16/h5-6,9,11,20H,7-8,10H2,1-4H3,(H,23,24). The number of rotatable bonds is 3. The summed E-state index contributed by atoms with van der Waals surface area (Å²) >= 11 is 0. The number of aliphatic carboxylic acids is 1. The number of hydrogen-bond acceptors (Lipinski definition) is 2. The largest absolute Gasteiger partial charge is 0.481 e. The number of fused-ring (bicyclic) bond motifs is 1. The van der Waals surface area contributed by atoms with E-state index in [1.165, 1.54) is 5.56 Å². The Hall–Kier alpha value is -2.30. The van der Waals surface area contributed by atoms with Gasteiger partial charge in [0, 0.05) is 24.0 Å². The third kappa shape index (κ3) is 2.39.